The topological polar surface area (TPSA) is 29.3 Å². The molecule has 17 heavy (non-hydrogen) atoms. The summed E-state index contributed by atoms with van der Waals surface area (Å²) in [5, 5.41) is 0. The number of hydrogen-bond donors (Lipinski definition) is 1. The number of rotatable bonds is 5. The summed E-state index contributed by atoms with van der Waals surface area (Å²) in [6.45, 7) is 12.1. The average Bonchev–Trinajstić information content (AvgIpc) is 2.28. The molecule has 0 aliphatic rings. The Morgan fingerprint density at radius 2 is 1.88 bits per heavy atom. The van der Waals surface area contributed by atoms with E-state index in [2.05, 4.69) is 44.4 Å². The van der Waals surface area contributed by atoms with Crippen LogP contribution < -0.4 is 5.73 Å². The Morgan fingerprint density at radius 1 is 1.29 bits per heavy atom. The van der Waals surface area contributed by atoms with Crippen LogP contribution >= 0.6 is 0 Å². The molecule has 0 bridgehead atoms. The average molecular weight is 232 g/mol. The second kappa shape index (κ2) is 5.99. The molecule has 1 aromatic carbocycles. The molecule has 0 aliphatic carbocycles. The molecule has 0 heterocycles. The van der Waals surface area contributed by atoms with Gasteiger partial charge in [0.1, 0.15) is 0 Å². The van der Waals surface area contributed by atoms with Crippen molar-refractivity contribution in [3.63, 3.8) is 0 Å². The second-order valence-corrected chi connectivity index (χ2v) is 5.38. The lowest BCUT2D eigenvalue weighted by molar-refractivity contribution is 0.144. The highest BCUT2D eigenvalue weighted by Gasteiger charge is 2.22. The van der Waals surface area contributed by atoms with Gasteiger partial charge in [-0.15, -0.1) is 6.58 Å². The van der Waals surface area contributed by atoms with Crippen molar-refractivity contribution in [2.24, 2.45) is 5.73 Å². The van der Waals surface area contributed by atoms with Crippen LogP contribution in [0.5, 0.6) is 0 Å². The van der Waals surface area contributed by atoms with Gasteiger partial charge in [0.2, 0.25) is 0 Å². The first kappa shape index (κ1) is 13.9. The van der Waals surface area contributed by atoms with E-state index < -0.39 is 0 Å². The molecule has 2 N–H and O–H groups in total. The normalized spacial score (nSPS) is 13.7. The van der Waals surface area contributed by atoms with Gasteiger partial charge < -0.3 is 5.73 Å². The van der Waals surface area contributed by atoms with E-state index in [1.807, 2.05) is 24.3 Å². The predicted octanol–water partition coefficient (Wildman–Crippen LogP) is 2.97. The van der Waals surface area contributed by atoms with Gasteiger partial charge in [0, 0.05) is 24.7 Å². The molecule has 0 aliphatic heterocycles. The standard InChI is InChI=1S/C15H24N2/c1-5-11-17(15(2,3)4)12-14(16)13-9-7-6-8-10-13/h5-10,14H,1,11-12,16H2,2-4H3. The smallest absolute Gasteiger partial charge is 0.0424 e. The molecule has 1 unspecified atom stereocenters. The summed E-state index contributed by atoms with van der Waals surface area (Å²) in [7, 11) is 0. The van der Waals surface area contributed by atoms with E-state index in [4.69, 9.17) is 5.73 Å². The summed E-state index contributed by atoms with van der Waals surface area (Å²) in [5.74, 6) is 0. The third-order valence-electron chi connectivity index (χ3n) is 2.94. The van der Waals surface area contributed by atoms with Gasteiger partial charge in [-0.2, -0.15) is 0 Å². The molecule has 1 aromatic rings. The van der Waals surface area contributed by atoms with E-state index in [1.165, 1.54) is 5.56 Å². The Labute approximate surface area is 105 Å². The Hall–Kier alpha value is -1.12. The van der Waals surface area contributed by atoms with Gasteiger partial charge in [0.25, 0.3) is 0 Å². The van der Waals surface area contributed by atoms with Crippen LogP contribution in [0, 0.1) is 0 Å². The third kappa shape index (κ3) is 4.33. The van der Waals surface area contributed by atoms with E-state index in [-0.39, 0.29) is 11.6 Å². The summed E-state index contributed by atoms with van der Waals surface area (Å²) < 4.78 is 0. The summed E-state index contributed by atoms with van der Waals surface area (Å²) in [5.41, 5.74) is 7.54. The fourth-order valence-electron chi connectivity index (χ4n) is 1.82. The molecule has 1 atom stereocenters. The molecule has 0 amide bonds. The monoisotopic (exact) mass is 232 g/mol. The molecule has 0 saturated carbocycles. The van der Waals surface area contributed by atoms with E-state index in [0.29, 0.717) is 0 Å². The summed E-state index contributed by atoms with van der Waals surface area (Å²) in [6, 6.07) is 10.3. The Balaban J connectivity index is 2.71. The molecule has 0 radical (unpaired) electrons. The Bertz CT molecular complexity index is 338. The van der Waals surface area contributed by atoms with Crippen molar-refractivity contribution in [3.8, 4) is 0 Å². The molecule has 94 valence electrons. The van der Waals surface area contributed by atoms with E-state index >= 15 is 0 Å². The SMILES string of the molecule is C=CCN(CC(N)c1ccccc1)C(C)(C)C. The van der Waals surface area contributed by atoms with Crippen molar-refractivity contribution in [3.05, 3.63) is 48.6 Å². The number of benzene rings is 1. The Morgan fingerprint density at radius 3 is 2.35 bits per heavy atom. The van der Waals surface area contributed by atoms with E-state index in [0.717, 1.165) is 13.1 Å². The fraction of sp³-hybridized carbons (Fsp3) is 0.467. The minimum absolute atomic E-state index is 0.0513. The van der Waals surface area contributed by atoms with Crippen molar-refractivity contribution in [1.29, 1.82) is 0 Å². The van der Waals surface area contributed by atoms with Gasteiger partial charge in [0.15, 0.2) is 0 Å². The first-order valence-corrected chi connectivity index (χ1v) is 6.11. The van der Waals surface area contributed by atoms with Gasteiger partial charge in [-0.05, 0) is 26.3 Å². The van der Waals surface area contributed by atoms with Crippen LogP contribution in [0.1, 0.15) is 32.4 Å². The van der Waals surface area contributed by atoms with Crippen LogP contribution in [0.4, 0.5) is 0 Å². The molecule has 0 saturated heterocycles. The molecule has 0 aromatic heterocycles. The van der Waals surface area contributed by atoms with Crippen LogP contribution in [0.2, 0.25) is 0 Å². The molecule has 0 spiro atoms. The molecular weight excluding hydrogens is 208 g/mol. The second-order valence-electron chi connectivity index (χ2n) is 5.38. The summed E-state index contributed by atoms with van der Waals surface area (Å²) in [6.07, 6.45) is 1.93. The number of hydrogen-bond acceptors (Lipinski definition) is 2. The lowest BCUT2D eigenvalue weighted by atomic mass is 10.0. The van der Waals surface area contributed by atoms with E-state index in [9.17, 15) is 0 Å². The van der Waals surface area contributed by atoms with E-state index in [1.54, 1.807) is 0 Å². The highest BCUT2D eigenvalue weighted by molar-refractivity contribution is 5.18. The lowest BCUT2D eigenvalue weighted by Crippen LogP contribution is -2.45. The van der Waals surface area contributed by atoms with Crippen molar-refractivity contribution >= 4 is 0 Å². The van der Waals surface area contributed by atoms with Crippen LogP contribution in [-0.4, -0.2) is 23.5 Å². The largest absolute Gasteiger partial charge is 0.323 e. The maximum atomic E-state index is 6.25. The fourth-order valence-corrected chi connectivity index (χ4v) is 1.82. The maximum absolute atomic E-state index is 6.25. The number of nitrogens with zero attached hydrogens (tertiary/aromatic N) is 1. The highest BCUT2D eigenvalue weighted by atomic mass is 15.2. The third-order valence-corrected chi connectivity index (χ3v) is 2.94. The molecule has 2 nitrogen and oxygen atoms in total. The van der Waals surface area contributed by atoms with Crippen LogP contribution in [-0.2, 0) is 0 Å². The zero-order valence-electron chi connectivity index (χ0n) is 11.2. The van der Waals surface area contributed by atoms with Gasteiger partial charge >= 0.3 is 0 Å². The minimum Gasteiger partial charge on any atom is -0.323 e. The zero-order chi connectivity index (χ0) is 12.9. The van der Waals surface area contributed by atoms with Gasteiger partial charge in [0.05, 0.1) is 0 Å². The van der Waals surface area contributed by atoms with Gasteiger partial charge in [-0.1, -0.05) is 36.4 Å². The predicted molar refractivity (Wildman–Crippen MR) is 74.9 cm³/mol. The first-order chi connectivity index (χ1) is 7.95. The molecule has 0 fully saturated rings. The Kier molecular flexibility index (Phi) is 4.91. The van der Waals surface area contributed by atoms with Crippen molar-refractivity contribution in [1.82, 2.24) is 4.90 Å². The number of nitrogens with two attached hydrogens (primary N) is 1. The van der Waals surface area contributed by atoms with Crippen molar-refractivity contribution in [2.45, 2.75) is 32.4 Å². The molecule has 1 rings (SSSR count). The quantitative estimate of drug-likeness (QED) is 0.791. The van der Waals surface area contributed by atoms with Gasteiger partial charge in [-0.3, -0.25) is 4.90 Å². The highest BCUT2D eigenvalue weighted by Crippen LogP contribution is 2.18. The van der Waals surface area contributed by atoms with Crippen LogP contribution in [0.3, 0.4) is 0 Å². The minimum atomic E-state index is 0.0513. The lowest BCUT2D eigenvalue weighted by Gasteiger charge is -2.36. The van der Waals surface area contributed by atoms with Crippen LogP contribution in [0.25, 0.3) is 0 Å². The van der Waals surface area contributed by atoms with Crippen LogP contribution in [0.15, 0.2) is 43.0 Å². The summed E-state index contributed by atoms with van der Waals surface area (Å²) >= 11 is 0. The van der Waals surface area contributed by atoms with Crippen molar-refractivity contribution < 1.29 is 0 Å². The first-order valence-electron chi connectivity index (χ1n) is 6.11. The molecule has 2 heteroatoms. The van der Waals surface area contributed by atoms with Crippen molar-refractivity contribution in [2.75, 3.05) is 13.1 Å². The maximum Gasteiger partial charge on any atom is 0.0424 e. The zero-order valence-corrected chi connectivity index (χ0v) is 11.2. The summed E-state index contributed by atoms with van der Waals surface area (Å²) in [4.78, 5) is 2.34. The van der Waals surface area contributed by atoms with Gasteiger partial charge in [-0.25, -0.2) is 0 Å². The molecular formula is C15H24N2.